The van der Waals surface area contributed by atoms with Gasteiger partial charge in [-0.2, -0.15) is 0 Å². The Labute approximate surface area is 814 Å². The van der Waals surface area contributed by atoms with Gasteiger partial charge in [-0.1, -0.05) is 197 Å². The molecule has 0 saturated carbocycles. The summed E-state index contributed by atoms with van der Waals surface area (Å²) in [5.41, 5.74) is 31.9. The van der Waals surface area contributed by atoms with Gasteiger partial charge in [0, 0.05) is 66.4 Å². The van der Waals surface area contributed by atoms with Crippen LogP contribution in [0.3, 0.4) is 0 Å². The zero-order valence-electron chi connectivity index (χ0n) is 82.6. The number of amides is 1. The predicted molar refractivity (Wildman–Crippen MR) is 608 cm³/mol. The van der Waals surface area contributed by atoms with E-state index in [1.165, 1.54) is 44.5 Å². The Balaban J connectivity index is 0.542. The maximum atomic E-state index is 16.6. The van der Waals surface area contributed by atoms with Crippen molar-refractivity contribution in [1.82, 2.24) is 19.9 Å². The maximum Gasteiger partial charge on any atom is 0.255 e. The third-order valence-electron chi connectivity index (χ3n) is 41.1. The predicted octanol–water partition coefficient (Wildman–Crippen LogP) is 36.8. The van der Waals surface area contributed by atoms with Crippen LogP contribution in [0.25, 0.3) is 382 Å². The lowest BCUT2D eigenvalue weighted by molar-refractivity contribution is 0.102. The van der Waals surface area contributed by atoms with E-state index in [-0.39, 0.29) is 38.4 Å². The summed E-state index contributed by atoms with van der Waals surface area (Å²) in [7, 11) is 0. The molecule has 5 aliphatic carbocycles. The van der Waals surface area contributed by atoms with Crippen molar-refractivity contribution >= 4 is 349 Å². The van der Waals surface area contributed by atoms with Gasteiger partial charge in [-0.25, -0.2) is 9.97 Å². The molecule has 5 heterocycles. The summed E-state index contributed by atoms with van der Waals surface area (Å²) in [4.78, 5) is 37.1. The number of rotatable bonds is 6. The van der Waals surface area contributed by atoms with Crippen molar-refractivity contribution in [2.24, 2.45) is 0 Å². The van der Waals surface area contributed by atoms with Crippen LogP contribution in [0.5, 0.6) is 0 Å². The minimum atomic E-state index is -0.497. The van der Waals surface area contributed by atoms with Crippen LogP contribution >= 0.6 is 0 Å². The molecule has 6 nitrogen and oxygen atoms in total. The fourth-order valence-electron chi connectivity index (χ4n) is 36.2. The lowest BCUT2D eigenvalue weighted by Crippen LogP contribution is -2.56. The quantitative estimate of drug-likeness (QED) is 0.145. The van der Waals surface area contributed by atoms with Crippen molar-refractivity contribution in [1.29, 1.82) is 0 Å². The lowest BCUT2D eigenvalue weighted by Gasteiger charge is -2.57. The van der Waals surface area contributed by atoms with E-state index in [1.54, 1.807) is 313 Å². The second kappa shape index (κ2) is 19.7. The van der Waals surface area contributed by atoms with Gasteiger partial charge in [0.05, 0.1) is 22.8 Å². The second-order valence-corrected chi connectivity index (χ2v) is 53.3. The zero-order chi connectivity index (χ0) is 94.0. The molecular formula is C137H85N5O. The Morgan fingerprint density at radius 3 is 0.685 bits per heavy atom. The molecule has 1 amide bonds. The molecule has 8 bridgehead atoms. The van der Waals surface area contributed by atoms with Crippen molar-refractivity contribution in [3.63, 3.8) is 0 Å². The summed E-state index contributed by atoms with van der Waals surface area (Å²) in [6, 6.07) is 46.7. The van der Waals surface area contributed by atoms with Crippen LogP contribution in [0.4, 0.5) is 5.69 Å². The zero-order valence-corrected chi connectivity index (χ0v) is 82.6. The monoisotopic (exact) mass is 1820 g/mol. The number of H-pyrrole nitrogens is 2. The molecule has 33 aromatic carbocycles. The maximum absolute atomic E-state index is 16.6. The van der Waals surface area contributed by atoms with Gasteiger partial charge in [-0.15, -0.1) is 0 Å². The van der Waals surface area contributed by atoms with E-state index in [0.29, 0.717) is 5.56 Å². The van der Waals surface area contributed by atoms with Crippen molar-refractivity contribution in [2.45, 2.75) is 181 Å². The Kier molecular flexibility index (Phi) is 9.91. The summed E-state index contributed by atoms with van der Waals surface area (Å²) < 4.78 is 0. The number of nitrogens with one attached hydrogen (secondary N) is 3. The molecule has 3 aromatic heterocycles. The first-order valence-electron chi connectivity index (χ1n) is 52.7. The molecule has 3 N–H and O–H groups in total. The van der Waals surface area contributed by atoms with Gasteiger partial charge in [0.2, 0.25) is 0 Å². The van der Waals surface area contributed by atoms with Crippen molar-refractivity contribution < 1.29 is 4.79 Å². The van der Waals surface area contributed by atoms with Crippen molar-refractivity contribution in [3.05, 3.63) is 216 Å². The Morgan fingerprint density at radius 1 is 0.238 bits per heavy atom. The van der Waals surface area contributed by atoms with E-state index < -0.39 is 10.8 Å². The van der Waals surface area contributed by atoms with Crippen LogP contribution in [-0.2, 0) is 56.2 Å². The van der Waals surface area contributed by atoms with Crippen molar-refractivity contribution in [2.75, 3.05) is 5.32 Å². The van der Waals surface area contributed by atoms with Gasteiger partial charge < -0.3 is 15.3 Å². The highest BCUT2D eigenvalue weighted by Crippen LogP contribution is 2.86. The summed E-state index contributed by atoms with van der Waals surface area (Å²) in [6.07, 6.45) is 10.7. The van der Waals surface area contributed by atoms with E-state index in [2.05, 4.69) is 286 Å². The smallest absolute Gasteiger partial charge is 0.255 e. The number of carbonyl (C=O) groups is 1. The van der Waals surface area contributed by atoms with Crippen LogP contribution in [-0.4, -0.2) is 25.8 Å². The standard InChI is InChI=1S/C137H85N5O/c1-130(2,3)52-33-48(34-53(40-52)131(4,5)6)68-61-26-24-59(139-61)67(60-25-27-62(140-60)69(49-35-54(132(7,8)9)41-55(36-49)133(10,11)12)64-29-31-66(142-64)70(65-30-28-63(68)141-65)50-37-56(134(13,14)15)42-57(38-50)135(16,17)18)45-20-19-21-58(39-45)138-129(143)46-22-23-47-43-136-125-117-109-99-89-81-73-71-72-75-79-77(73)85-93-87(79)97-91-83(75)84-76(72)80-78-74(71)82(81)90-96-86(78)94-88(80)98-92(84)102-101(91)111-105(97)115-107(93)113(103(109)95(85)89)121(125)123(115)127-119(111)120-112(102)106(98)116-108(94)114-104(96)110(100(90)99)118(117)126(136)122(114)124(116)128(120)137(127,136)44-51(47)32-46/h19-42,139,142H,43-44H2,1-18H3,(H,138,143). The Morgan fingerprint density at radius 2 is 0.455 bits per heavy atom. The number of fused-ring (bicyclic) bond motifs is 9. The average Bonchev–Trinajstić information content (AvgIpc) is 1.38. The number of anilines is 1. The molecule has 0 radical (unpaired) electrons. The van der Waals surface area contributed by atoms with E-state index >= 15 is 4.79 Å². The molecule has 7 aliphatic rings. The van der Waals surface area contributed by atoms with E-state index in [0.717, 1.165) is 108 Å². The lowest BCUT2D eigenvalue weighted by atomic mass is 9.43. The van der Waals surface area contributed by atoms with Gasteiger partial charge in [0.25, 0.3) is 5.91 Å². The molecule has 36 aromatic rings. The second-order valence-electron chi connectivity index (χ2n) is 53.3. The number of aromatic amines is 2. The first-order chi connectivity index (χ1) is 68.7. The number of aromatic nitrogens is 4. The Hall–Kier alpha value is -15.4. The molecule has 0 fully saturated rings. The third kappa shape index (κ3) is 6.39. The number of nitrogens with zero attached hydrogens (tertiary/aromatic N) is 2. The van der Waals surface area contributed by atoms with Gasteiger partial charge in [0.15, 0.2) is 0 Å². The van der Waals surface area contributed by atoms with E-state index in [9.17, 15) is 0 Å². The highest BCUT2D eigenvalue weighted by atomic mass is 16.1. The number of hydrogen-bond donors (Lipinski definition) is 3. The number of carbonyl (C=O) groups excluding carboxylic acids is 1. The third-order valence-corrected chi connectivity index (χ3v) is 41.1. The first-order valence-corrected chi connectivity index (χ1v) is 52.7. The summed E-state index contributed by atoms with van der Waals surface area (Å²) >= 11 is 0. The van der Waals surface area contributed by atoms with Crippen LogP contribution in [0.1, 0.15) is 225 Å². The molecule has 0 saturated heterocycles. The van der Waals surface area contributed by atoms with Crippen molar-refractivity contribution in [3.8, 4) is 44.5 Å². The van der Waals surface area contributed by atoms with Gasteiger partial charge in [0.1, 0.15) is 0 Å². The molecule has 2 spiro atoms. The van der Waals surface area contributed by atoms with E-state index in [4.69, 9.17) is 9.97 Å². The average molecular weight is 1820 g/mol. The highest BCUT2D eigenvalue weighted by molar-refractivity contribution is 6.82. The fraction of sp³-hybridized carbons (Fsp3) is 0.204. The summed E-state index contributed by atoms with van der Waals surface area (Å²) in [6.45, 7) is 42.0. The van der Waals surface area contributed by atoms with Crippen LogP contribution < -0.4 is 5.32 Å². The summed E-state index contributed by atoms with van der Waals surface area (Å²) in [5.74, 6) is -0.107. The SMILES string of the molecule is CC(C)(C)c1cc(-c2c3nc(c(-c4cc(C(C)(C)C)cc(C(C)(C)C)c4)c4ccc([nH]4)c(-c4cc(C(C)(C)C)cc(C(C)(C)C)c4)c4nc(c(-c5cccc(NC(=O)c6ccc7c(c6)CC68c9c%10c%11c%12c%13c%14c(c%15c%16c6c6c9c9c%17c%10c%10c%11c%11c%13c%13c%18c%14c%14c%15c%15c%16c%16c6c6c9c9c%17c%17c%10c%10c%11c%13c%11c%13c%18c%14c%14c%15c%15c%16c6c6c9c9c%17c%10c%11c%10c%13c%14c%15c6c9%10)C%128C7)c5)c5ccc2[nH]5)C=C4)C=C3)cc(C(C)(C)C)c1. The molecule has 43 rings (SSSR count). The summed E-state index contributed by atoms with van der Waals surface area (Å²) in [5, 5.41) is 90.8. The normalized spacial score (nSPS) is 18.0. The van der Waals surface area contributed by atoms with Crippen LogP contribution in [0, 0.1) is 0 Å². The molecule has 143 heavy (non-hydrogen) atoms. The van der Waals surface area contributed by atoms with Crippen LogP contribution in [0.2, 0.25) is 0 Å². The number of benzene rings is 23. The fourth-order valence-corrected chi connectivity index (χ4v) is 36.2. The van der Waals surface area contributed by atoms with Gasteiger partial charge >= 0.3 is 0 Å². The highest BCUT2D eigenvalue weighted by Gasteiger charge is 2.71. The number of hydrogen-bond acceptors (Lipinski definition) is 3. The minimum Gasteiger partial charge on any atom is -0.354 e. The van der Waals surface area contributed by atoms with Crippen LogP contribution in [0.15, 0.2) is 121 Å². The minimum absolute atomic E-state index is 0.107. The molecule has 6 heteroatoms. The Bertz CT molecular complexity index is 12000. The molecule has 0 atom stereocenters. The molecular weight excluding hydrogens is 1730 g/mol. The van der Waals surface area contributed by atoms with Gasteiger partial charge in [-0.3, -0.25) is 4.79 Å². The van der Waals surface area contributed by atoms with Gasteiger partial charge in [-0.05, 0) is 498 Å². The van der Waals surface area contributed by atoms with E-state index in [1.807, 2.05) is 0 Å². The molecule has 2 aliphatic heterocycles. The first kappa shape index (κ1) is 72.0. The topological polar surface area (TPSA) is 86.5 Å². The molecule has 664 valence electrons. The molecule has 0 unspecified atom stereocenters. The largest absolute Gasteiger partial charge is 0.354 e.